The van der Waals surface area contributed by atoms with Crippen molar-refractivity contribution in [2.75, 3.05) is 4.90 Å². The molecule has 1 unspecified atom stereocenters. The molecule has 4 nitrogen and oxygen atoms in total. The van der Waals surface area contributed by atoms with Crippen LogP contribution in [0.2, 0.25) is 0 Å². The first kappa shape index (κ1) is 20.3. The van der Waals surface area contributed by atoms with E-state index >= 15 is 0 Å². The molecule has 1 N–H and O–H groups in total. The van der Waals surface area contributed by atoms with Crippen LogP contribution in [0.5, 0.6) is 0 Å². The topological polar surface area (TPSA) is 57.6 Å². The maximum absolute atomic E-state index is 14.8. The molecular weight excluding hydrogens is 393 g/mol. The molecule has 0 bridgehead atoms. The molecule has 1 amide bonds. The van der Waals surface area contributed by atoms with Gasteiger partial charge in [-0.05, 0) is 42.3 Å². The fourth-order valence-electron chi connectivity index (χ4n) is 3.72. The zero-order valence-electron chi connectivity index (χ0n) is 16.8. The van der Waals surface area contributed by atoms with E-state index in [-0.39, 0.29) is 11.1 Å². The minimum absolute atomic E-state index is 0.137. The third-order valence-electron chi connectivity index (χ3n) is 5.18. The lowest BCUT2D eigenvalue weighted by atomic mass is 9.94. The molecule has 1 aliphatic heterocycles. The van der Waals surface area contributed by atoms with Crippen molar-refractivity contribution < 1.29 is 19.1 Å². The van der Waals surface area contributed by atoms with Crippen molar-refractivity contribution in [3.8, 4) is 0 Å². The molecular formula is C26H20FNO3. The lowest BCUT2D eigenvalue weighted by molar-refractivity contribution is -0.117. The molecule has 0 radical (unpaired) electrons. The van der Waals surface area contributed by atoms with Crippen molar-refractivity contribution in [1.29, 1.82) is 0 Å². The molecule has 0 fully saturated rings. The van der Waals surface area contributed by atoms with Crippen molar-refractivity contribution in [2.45, 2.75) is 13.0 Å². The Hall–Kier alpha value is -3.99. The number of nitrogens with zero attached hydrogens (tertiary/aromatic N) is 1. The number of aliphatic hydroxyl groups is 1. The lowest BCUT2D eigenvalue weighted by Crippen LogP contribution is -2.31. The maximum Gasteiger partial charge on any atom is 0.294 e. The maximum atomic E-state index is 14.8. The highest BCUT2D eigenvalue weighted by Gasteiger charge is 2.44. The SMILES string of the molecule is Cc1cccc(N2C(=O)C(O)=C(C(=O)C=Cc3ccccc3)C2c2ccccc2F)c1. The number of allylic oxidation sites excluding steroid dienone is 1. The average Bonchev–Trinajstić information content (AvgIpc) is 3.04. The van der Waals surface area contributed by atoms with Crippen LogP contribution in [0.1, 0.15) is 22.7 Å². The summed E-state index contributed by atoms with van der Waals surface area (Å²) in [6.45, 7) is 1.87. The van der Waals surface area contributed by atoms with E-state index in [4.69, 9.17) is 0 Å². The van der Waals surface area contributed by atoms with Gasteiger partial charge in [0.1, 0.15) is 5.82 Å². The van der Waals surface area contributed by atoms with Crippen LogP contribution in [-0.4, -0.2) is 16.8 Å². The van der Waals surface area contributed by atoms with Gasteiger partial charge in [-0.3, -0.25) is 14.5 Å². The Morgan fingerprint density at radius 2 is 1.71 bits per heavy atom. The minimum Gasteiger partial charge on any atom is -0.503 e. The first-order valence-corrected chi connectivity index (χ1v) is 9.82. The number of hydrogen-bond acceptors (Lipinski definition) is 3. The van der Waals surface area contributed by atoms with Crippen LogP contribution >= 0.6 is 0 Å². The zero-order valence-corrected chi connectivity index (χ0v) is 16.8. The highest BCUT2D eigenvalue weighted by atomic mass is 19.1. The third-order valence-corrected chi connectivity index (χ3v) is 5.18. The van der Waals surface area contributed by atoms with E-state index < -0.39 is 29.3 Å². The van der Waals surface area contributed by atoms with Gasteiger partial charge in [0.05, 0.1) is 11.6 Å². The summed E-state index contributed by atoms with van der Waals surface area (Å²) in [5.74, 6) is -2.53. The number of aliphatic hydroxyl groups excluding tert-OH is 1. The number of carbonyl (C=O) groups excluding carboxylic acids is 2. The number of hydrogen-bond donors (Lipinski definition) is 1. The summed E-state index contributed by atoms with van der Waals surface area (Å²) < 4.78 is 14.8. The van der Waals surface area contributed by atoms with Gasteiger partial charge in [0.15, 0.2) is 11.5 Å². The highest BCUT2D eigenvalue weighted by molar-refractivity contribution is 6.19. The smallest absolute Gasteiger partial charge is 0.294 e. The van der Waals surface area contributed by atoms with Crippen molar-refractivity contribution in [2.24, 2.45) is 0 Å². The lowest BCUT2D eigenvalue weighted by Gasteiger charge is -2.27. The largest absolute Gasteiger partial charge is 0.503 e. The molecule has 0 saturated heterocycles. The Morgan fingerprint density at radius 1 is 1.00 bits per heavy atom. The van der Waals surface area contributed by atoms with Crippen LogP contribution in [0, 0.1) is 12.7 Å². The fourth-order valence-corrected chi connectivity index (χ4v) is 3.72. The molecule has 1 atom stereocenters. The molecule has 5 heteroatoms. The molecule has 0 spiro atoms. The number of ketones is 1. The molecule has 3 aromatic carbocycles. The Balaban J connectivity index is 1.82. The van der Waals surface area contributed by atoms with Crippen LogP contribution in [0.15, 0.2) is 96.3 Å². The summed E-state index contributed by atoms with van der Waals surface area (Å²) in [5, 5.41) is 10.7. The van der Waals surface area contributed by atoms with Crippen molar-refractivity contribution in [3.05, 3.63) is 119 Å². The second-order valence-corrected chi connectivity index (χ2v) is 7.31. The van der Waals surface area contributed by atoms with Gasteiger partial charge in [0.2, 0.25) is 0 Å². The van der Waals surface area contributed by atoms with Gasteiger partial charge in [-0.1, -0.05) is 66.7 Å². The summed E-state index contributed by atoms with van der Waals surface area (Å²) in [4.78, 5) is 27.4. The molecule has 0 saturated carbocycles. The van der Waals surface area contributed by atoms with Gasteiger partial charge < -0.3 is 5.11 Å². The summed E-state index contributed by atoms with van der Waals surface area (Å²) in [6, 6.07) is 21.1. The average molecular weight is 413 g/mol. The van der Waals surface area contributed by atoms with Crippen LogP contribution in [0.3, 0.4) is 0 Å². The monoisotopic (exact) mass is 413 g/mol. The quantitative estimate of drug-likeness (QED) is 0.576. The highest BCUT2D eigenvalue weighted by Crippen LogP contribution is 2.42. The molecule has 1 aliphatic rings. The van der Waals surface area contributed by atoms with Gasteiger partial charge in [0, 0.05) is 11.3 Å². The summed E-state index contributed by atoms with van der Waals surface area (Å²) in [5.41, 5.74) is 2.14. The standard InChI is InChI=1S/C26H20FNO3/c1-17-8-7-11-19(16-17)28-24(20-12-5-6-13-21(20)27)23(25(30)26(28)31)22(29)15-14-18-9-3-2-4-10-18/h2-16,24,30H,1H3. The van der Waals surface area contributed by atoms with E-state index in [9.17, 15) is 19.1 Å². The second-order valence-electron chi connectivity index (χ2n) is 7.31. The molecule has 4 rings (SSSR count). The first-order chi connectivity index (χ1) is 15.0. The molecule has 3 aromatic rings. The minimum atomic E-state index is -1.08. The predicted octanol–water partition coefficient (Wildman–Crippen LogP) is 5.32. The first-order valence-electron chi connectivity index (χ1n) is 9.82. The van der Waals surface area contributed by atoms with Crippen molar-refractivity contribution in [3.63, 3.8) is 0 Å². The van der Waals surface area contributed by atoms with Crippen LogP contribution in [0.4, 0.5) is 10.1 Å². The zero-order chi connectivity index (χ0) is 22.0. The van der Waals surface area contributed by atoms with Gasteiger partial charge in [-0.2, -0.15) is 0 Å². The van der Waals surface area contributed by atoms with Gasteiger partial charge in [-0.25, -0.2) is 4.39 Å². The second kappa shape index (κ2) is 8.40. The Kier molecular flexibility index (Phi) is 5.50. The fraction of sp³-hybridized carbons (Fsp3) is 0.0769. The van der Waals surface area contributed by atoms with Crippen molar-refractivity contribution in [1.82, 2.24) is 0 Å². The number of halogens is 1. The van der Waals surface area contributed by atoms with Crippen LogP contribution in [-0.2, 0) is 9.59 Å². The number of benzene rings is 3. The molecule has 1 heterocycles. The molecule has 154 valence electrons. The number of amides is 1. The molecule has 0 aromatic heterocycles. The van der Waals surface area contributed by atoms with E-state index in [2.05, 4.69) is 0 Å². The van der Waals surface area contributed by atoms with E-state index in [1.165, 1.54) is 29.2 Å². The van der Waals surface area contributed by atoms with Gasteiger partial charge in [-0.15, -0.1) is 0 Å². The van der Waals surface area contributed by atoms with Crippen LogP contribution in [0.25, 0.3) is 6.08 Å². The van der Waals surface area contributed by atoms with E-state index in [0.29, 0.717) is 5.69 Å². The summed E-state index contributed by atoms with van der Waals surface area (Å²) in [7, 11) is 0. The number of aryl methyl sites for hydroxylation is 1. The Bertz CT molecular complexity index is 1210. The third kappa shape index (κ3) is 3.90. The van der Waals surface area contributed by atoms with E-state index in [1.807, 2.05) is 43.3 Å². The van der Waals surface area contributed by atoms with Gasteiger partial charge in [0.25, 0.3) is 5.91 Å². The van der Waals surface area contributed by atoms with E-state index in [1.54, 1.807) is 30.3 Å². The molecule has 0 aliphatic carbocycles. The molecule has 31 heavy (non-hydrogen) atoms. The Morgan fingerprint density at radius 3 is 2.42 bits per heavy atom. The summed E-state index contributed by atoms with van der Waals surface area (Å²) >= 11 is 0. The summed E-state index contributed by atoms with van der Waals surface area (Å²) in [6.07, 6.45) is 2.89. The predicted molar refractivity (Wildman–Crippen MR) is 118 cm³/mol. The number of anilines is 1. The van der Waals surface area contributed by atoms with Crippen LogP contribution < -0.4 is 4.90 Å². The number of rotatable bonds is 5. The Labute approximate surface area is 179 Å². The van der Waals surface area contributed by atoms with Crippen molar-refractivity contribution >= 4 is 23.5 Å². The number of carbonyl (C=O) groups is 2. The van der Waals surface area contributed by atoms with Gasteiger partial charge >= 0.3 is 0 Å². The van der Waals surface area contributed by atoms with E-state index in [0.717, 1.165) is 11.1 Å². The normalized spacial score (nSPS) is 16.4.